The molecular weight excluding hydrogens is 327 g/mol. The lowest BCUT2D eigenvalue weighted by Crippen LogP contribution is -2.29. The Kier molecular flexibility index (Phi) is 4.37. The van der Waals surface area contributed by atoms with Crippen LogP contribution in [0, 0.1) is 5.82 Å². The second-order valence-electron chi connectivity index (χ2n) is 5.47. The van der Waals surface area contributed by atoms with Crippen molar-refractivity contribution in [2.75, 3.05) is 13.2 Å². The van der Waals surface area contributed by atoms with E-state index < -0.39 is 16.6 Å². The first kappa shape index (κ1) is 15.3. The van der Waals surface area contributed by atoms with E-state index in [0.717, 1.165) is 12.0 Å². The molecule has 1 aliphatic rings. The van der Waals surface area contributed by atoms with Crippen LogP contribution < -0.4 is 4.74 Å². The molecule has 0 N–H and O–H groups in total. The fourth-order valence-corrected chi connectivity index (χ4v) is 3.02. The quantitative estimate of drug-likeness (QED) is 0.616. The smallest absolute Gasteiger partial charge is 0.324 e. The number of hydrogen-bond acceptors (Lipinski definition) is 3. The summed E-state index contributed by atoms with van der Waals surface area (Å²) < 4.78 is 24.3. The van der Waals surface area contributed by atoms with Crippen molar-refractivity contribution in [3.63, 3.8) is 0 Å². The third-order valence-corrected chi connectivity index (χ3v) is 4.39. The summed E-state index contributed by atoms with van der Waals surface area (Å²) in [4.78, 5) is 11.2. The third kappa shape index (κ3) is 2.82. The Morgan fingerprint density at radius 3 is 2.90 bits per heavy atom. The normalized spacial score (nSPS) is 17.9. The molecule has 1 heterocycles. The standard InChI is InChI=1S/C15H18BrFO3/c1-4-19-14(18)13(16)10-7-9(17)8-11-12(10)15(2,3)5-6-20-11/h7-8,13H,4-6H2,1-3H3. The molecular formula is C15H18BrFO3. The predicted molar refractivity (Wildman–Crippen MR) is 77.8 cm³/mol. The van der Waals surface area contributed by atoms with Gasteiger partial charge in [0.15, 0.2) is 0 Å². The number of alkyl halides is 1. The van der Waals surface area contributed by atoms with E-state index in [0.29, 0.717) is 24.5 Å². The number of ether oxygens (including phenoxy) is 2. The summed E-state index contributed by atoms with van der Waals surface area (Å²) in [6, 6.07) is 2.76. The minimum absolute atomic E-state index is 0.171. The molecule has 0 saturated heterocycles. The first-order valence-electron chi connectivity index (χ1n) is 6.64. The lowest BCUT2D eigenvalue weighted by atomic mass is 9.76. The molecule has 1 aromatic carbocycles. The van der Waals surface area contributed by atoms with Crippen LogP contribution in [0.3, 0.4) is 0 Å². The number of halogens is 2. The molecule has 1 unspecified atom stereocenters. The molecule has 3 nitrogen and oxygen atoms in total. The topological polar surface area (TPSA) is 35.5 Å². The molecule has 2 rings (SSSR count). The monoisotopic (exact) mass is 344 g/mol. The van der Waals surface area contributed by atoms with Crippen molar-refractivity contribution >= 4 is 21.9 Å². The Balaban J connectivity index is 2.53. The molecule has 0 amide bonds. The Labute approximate surface area is 126 Å². The van der Waals surface area contributed by atoms with E-state index in [1.807, 2.05) is 0 Å². The fraction of sp³-hybridized carbons (Fsp3) is 0.533. The van der Waals surface area contributed by atoms with E-state index in [2.05, 4.69) is 29.8 Å². The van der Waals surface area contributed by atoms with Crippen LogP contribution in [0.1, 0.15) is 43.1 Å². The highest BCUT2D eigenvalue weighted by molar-refractivity contribution is 9.09. The zero-order chi connectivity index (χ0) is 14.9. The van der Waals surface area contributed by atoms with Crippen LogP contribution in [0.5, 0.6) is 5.75 Å². The average Bonchev–Trinajstić information content (AvgIpc) is 2.36. The third-order valence-electron chi connectivity index (χ3n) is 3.53. The molecule has 20 heavy (non-hydrogen) atoms. The first-order valence-corrected chi connectivity index (χ1v) is 7.56. The first-order chi connectivity index (χ1) is 9.36. The molecule has 110 valence electrons. The summed E-state index contributed by atoms with van der Waals surface area (Å²) in [5.41, 5.74) is 1.29. The van der Waals surface area contributed by atoms with Crippen LogP contribution in [0.25, 0.3) is 0 Å². The molecule has 0 aromatic heterocycles. The van der Waals surface area contributed by atoms with Gasteiger partial charge in [-0.3, -0.25) is 4.79 Å². The molecule has 1 aliphatic heterocycles. The van der Waals surface area contributed by atoms with Crippen LogP contribution >= 0.6 is 15.9 Å². The summed E-state index contributed by atoms with van der Waals surface area (Å²) in [5, 5.41) is 0. The number of hydrogen-bond donors (Lipinski definition) is 0. The summed E-state index contributed by atoms with van der Waals surface area (Å²) >= 11 is 3.32. The van der Waals surface area contributed by atoms with Crippen molar-refractivity contribution in [3.05, 3.63) is 29.1 Å². The molecule has 5 heteroatoms. The minimum atomic E-state index is -0.687. The van der Waals surface area contributed by atoms with Gasteiger partial charge in [-0.2, -0.15) is 0 Å². The number of carbonyl (C=O) groups is 1. The van der Waals surface area contributed by atoms with Crippen molar-refractivity contribution < 1.29 is 18.7 Å². The van der Waals surface area contributed by atoms with Gasteiger partial charge in [-0.15, -0.1) is 0 Å². The summed E-state index contributed by atoms with van der Waals surface area (Å²) in [5.74, 6) is -0.308. The summed E-state index contributed by atoms with van der Waals surface area (Å²) in [7, 11) is 0. The highest BCUT2D eigenvalue weighted by Gasteiger charge is 2.35. The predicted octanol–water partition coefficient (Wildman–Crippen LogP) is 3.88. The lowest BCUT2D eigenvalue weighted by Gasteiger charge is -2.35. The zero-order valence-electron chi connectivity index (χ0n) is 11.8. The van der Waals surface area contributed by atoms with Gasteiger partial charge in [0.25, 0.3) is 0 Å². The van der Waals surface area contributed by atoms with Crippen LogP contribution in [-0.2, 0) is 14.9 Å². The number of carbonyl (C=O) groups excluding carboxylic acids is 1. The van der Waals surface area contributed by atoms with Gasteiger partial charge in [-0.1, -0.05) is 29.8 Å². The van der Waals surface area contributed by atoms with Gasteiger partial charge < -0.3 is 9.47 Å². The molecule has 0 aliphatic carbocycles. The number of fused-ring (bicyclic) bond motifs is 1. The summed E-state index contributed by atoms with van der Waals surface area (Å²) in [6.07, 6.45) is 0.821. The highest BCUT2D eigenvalue weighted by Crippen LogP contribution is 2.44. The lowest BCUT2D eigenvalue weighted by molar-refractivity contribution is -0.142. The Morgan fingerprint density at radius 2 is 2.25 bits per heavy atom. The Morgan fingerprint density at radius 1 is 1.55 bits per heavy atom. The highest BCUT2D eigenvalue weighted by atomic mass is 79.9. The molecule has 0 spiro atoms. The van der Waals surface area contributed by atoms with E-state index in [9.17, 15) is 9.18 Å². The second-order valence-corrected chi connectivity index (χ2v) is 6.38. The van der Waals surface area contributed by atoms with Crippen molar-refractivity contribution in [2.24, 2.45) is 0 Å². The van der Waals surface area contributed by atoms with E-state index >= 15 is 0 Å². The largest absolute Gasteiger partial charge is 0.493 e. The van der Waals surface area contributed by atoms with Gasteiger partial charge in [0.1, 0.15) is 16.4 Å². The van der Waals surface area contributed by atoms with Crippen LogP contribution in [0.2, 0.25) is 0 Å². The maximum atomic E-state index is 13.8. The Bertz CT molecular complexity index is 528. The average molecular weight is 345 g/mol. The van der Waals surface area contributed by atoms with Gasteiger partial charge in [0.2, 0.25) is 0 Å². The van der Waals surface area contributed by atoms with Crippen molar-refractivity contribution in [1.82, 2.24) is 0 Å². The maximum Gasteiger partial charge on any atom is 0.324 e. The molecule has 1 atom stereocenters. The number of rotatable bonds is 3. The van der Waals surface area contributed by atoms with Gasteiger partial charge in [-0.05, 0) is 30.4 Å². The zero-order valence-corrected chi connectivity index (χ0v) is 13.4. The molecule has 0 saturated carbocycles. The van der Waals surface area contributed by atoms with Gasteiger partial charge in [0, 0.05) is 11.6 Å². The Hall–Kier alpha value is -1.10. The SMILES string of the molecule is CCOC(=O)C(Br)c1cc(F)cc2c1C(C)(C)CCO2. The maximum absolute atomic E-state index is 13.8. The minimum Gasteiger partial charge on any atom is -0.493 e. The van der Waals surface area contributed by atoms with E-state index in [-0.39, 0.29) is 5.41 Å². The van der Waals surface area contributed by atoms with Crippen molar-refractivity contribution in [2.45, 2.75) is 37.4 Å². The van der Waals surface area contributed by atoms with Crippen LogP contribution in [0.4, 0.5) is 4.39 Å². The van der Waals surface area contributed by atoms with Crippen molar-refractivity contribution in [3.8, 4) is 5.75 Å². The number of esters is 1. The summed E-state index contributed by atoms with van der Waals surface area (Å²) in [6.45, 7) is 6.72. The van der Waals surface area contributed by atoms with E-state index in [1.165, 1.54) is 12.1 Å². The second kappa shape index (κ2) is 5.72. The molecule has 0 radical (unpaired) electrons. The van der Waals surface area contributed by atoms with Gasteiger partial charge in [0.05, 0.1) is 13.2 Å². The fourth-order valence-electron chi connectivity index (χ4n) is 2.52. The van der Waals surface area contributed by atoms with E-state index in [4.69, 9.17) is 9.47 Å². The van der Waals surface area contributed by atoms with Crippen LogP contribution in [-0.4, -0.2) is 19.2 Å². The molecule has 0 fully saturated rings. The van der Waals surface area contributed by atoms with E-state index in [1.54, 1.807) is 6.92 Å². The van der Waals surface area contributed by atoms with Crippen LogP contribution in [0.15, 0.2) is 12.1 Å². The van der Waals surface area contributed by atoms with Gasteiger partial charge >= 0.3 is 5.97 Å². The molecule has 0 bridgehead atoms. The van der Waals surface area contributed by atoms with Gasteiger partial charge in [-0.25, -0.2) is 4.39 Å². The van der Waals surface area contributed by atoms with Crippen molar-refractivity contribution in [1.29, 1.82) is 0 Å². The molecule has 1 aromatic rings. The number of benzene rings is 1.